The molecule has 178 valence electrons. The van der Waals surface area contributed by atoms with Gasteiger partial charge in [-0.05, 0) is 48.5 Å². The van der Waals surface area contributed by atoms with Crippen LogP contribution in [-0.4, -0.2) is 54.4 Å². The molecule has 4 rings (SSSR count). The maximum absolute atomic E-state index is 12.7. The lowest BCUT2D eigenvalue weighted by atomic mass is 10.1. The molecule has 10 nitrogen and oxygen atoms in total. The first-order valence-electron chi connectivity index (χ1n) is 9.73. The van der Waals surface area contributed by atoms with E-state index in [-0.39, 0.29) is 47.6 Å². The summed E-state index contributed by atoms with van der Waals surface area (Å²) in [6, 6.07) is 8.78. The summed E-state index contributed by atoms with van der Waals surface area (Å²) in [6.07, 6.45) is -4.48. The fraction of sp³-hybridized carbons (Fsp3) is 0.200. The molecular weight excluding hydrogens is 479 g/mol. The molecule has 2 heterocycles. The number of hydrogen-bond donors (Lipinski definition) is 2. The second kappa shape index (κ2) is 8.87. The number of hydrogen-bond acceptors (Lipinski definition) is 7. The lowest BCUT2D eigenvalue weighted by Crippen LogP contribution is -2.49. The van der Waals surface area contributed by atoms with Crippen molar-refractivity contribution in [1.82, 2.24) is 19.8 Å². The summed E-state index contributed by atoms with van der Waals surface area (Å²) in [5.41, 5.74) is -0.523. The molecule has 1 fully saturated rings. The van der Waals surface area contributed by atoms with Crippen molar-refractivity contribution in [2.24, 2.45) is 0 Å². The topological polar surface area (TPSA) is 134 Å². The van der Waals surface area contributed by atoms with Gasteiger partial charge in [0.25, 0.3) is 5.91 Å². The van der Waals surface area contributed by atoms with E-state index in [0.29, 0.717) is 0 Å². The van der Waals surface area contributed by atoms with Crippen molar-refractivity contribution in [3.05, 3.63) is 59.7 Å². The summed E-state index contributed by atoms with van der Waals surface area (Å²) < 4.78 is 69.7. The quantitative estimate of drug-likeness (QED) is 0.554. The Hall–Kier alpha value is -3.78. The number of carbonyl (C=O) groups is 2. The molecule has 0 unspecified atom stereocenters. The lowest BCUT2D eigenvalue weighted by Gasteiger charge is -2.25. The Bertz CT molecular complexity index is 1320. The summed E-state index contributed by atoms with van der Waals surface area (Å²) in [4.78, 5) is 23.8. The van der Waals surface area contributed by atoms with Gasteiger partial charge in [0, 0.05) is 24.2 Å². The summed E-state index contributed by atoms with van der Waals surface area (Å²) >= 11 is 0. The van der Waals surface area contributed by atoms with E-state index in [1.54, 1.807) is 0 Å². The summed E-state index contributed by atoms with van der Waals surface area (Å²) in [5, 5.41) is 12.2. The number of alkyl halides is 3. The van der Waals surface area contributed by atoms with Crippen molar-refractivity contribution in [3.63, 3.8) is 0 Å². The highest BCUT2D eigenvalue weighted by molar-refractivity contribution is 7.89. The van der Waals surface area contributed by atoms with Crippen LogP contribution in [0.4, 0.5) is 19.2 Å². The summed E-state index contributed by atoms with van der Waals surface area (Å²) in [7, 11) is -3.91. The Balaban J connectivity index is 1.43. The molecule has 1 aliphatic heterocycles. The zero-order valence-electron chi connectivity index (χ0n) is 17.2. The number of nitrogens with zero attached hydrogens (tertiary/aromatic N) is 3. The van der Waals surface area contributed by atoms with Crippen molar-refractivity contribution in [2.75, 3.05) is 25.0 Å². The number of sulfonamides is 1. The second-order valence-corrected chi connectivity index (χ2v) is 9.09. The van der Waals surface area contributed by atoms with E-state index in [2.05, 4.69) is 20.8 Å². The van der Waals surface area contributed by atoms with Crippen LogP contribution in [0.25, 0.3) is 11.5 Å². The molecule has 0 saturated carbocycles. The predicted molar refractivity (Wildman–Crippen MR) is 111 cm³/mol. The van der Waals surface area contributed by atoms with E-state index < -0.39 is 33.6 Å². The third-order valence-corrected chi connectivity index (χ3v) is 6.72. The summed E-state index contributed by atoms with van der Waals surface area (Å²) in [6.45, 7) is 0.0505. The third kappa shape index (κ3) is 4.92. The van der Waals surface area contributed by atoms with E-state index in [9.17, 15) is 31.2 Å². The first kappa shape index (κ1) is 23.4. The van der Waals surface area contributed by atoms with Gasteiger partial charge in [0.2, 0.25) is 21.8 Å². The van der Waals surface area contributed by atoms with Crippen LogP contribution in [0.2, 0.25) is 0 Å². The molecule has 0 atom stereocenters. The van der Waals surface area contributed by atoms with Crippen molar-refractivity contribution < 1.29 is 35.6 Å². The minimum absolute atomic E-state index is 0.0823. The second-order valence-electron chi connectivity index (χ2n) is 7.15. The number of rotatable bonds is 5. The van der Waals surface area contributed by atoms with Crippen LogP contribution in [0.5, 0.6) is 0 Å². The maximum atomic E-state index is 12.7. The number of aromatic nitrogens is 2. The molecule has 2 N–H and O–H groups in total. The predicted octanol–water partition coefficient (Wildman–Crippen LogP) is 2.13. The van der Waals surface area contributed by atoms with Gasteiger partial charge in [0.1, 0.15) is 0 Å². The lowest BCUT2D eigenvalue weighted by molar-refractivity contribution is -0.137. The van der Waals surface area contributed by atoms with Crippen molar-refractivity contribution in [2.45, 2.75) is 11.1 Å². The largest absolute Gasteiger partial charge is 0.416 e. The van der Waals surface area contributed by atoms with Crippen LogP contribution in [0.1, 0.15) is 15.9 Å². The normalized spacial score (nSPS) is 15.1. The zero-order chi connectivity index (χ0) is 24.5. The molecule has 0 aliphatic carbocycles. The molecule has 2 aromatic carbocycles. The minimum atomic E-state index is -4.48. The Morgan fingerprint density at radius 1 is 1.06 bits per heavy atom. The fourth-order valence-corrected chi connectivity index (χ4v) is 4.51. The first-order chi connectivity index (χ1) is 16.0. The average molecular weight is 495 g/mol. The van der Waals surface area contributed by atoms with Crippen LogP contribution in [-0.2, 0) is 21.0 Å². The molecule has 1 aromatic heterocycles. The molecule has 14 heteroatoms. The third-order valence-electron chi connectivity index (χ3n) is 4.86. The number of benzene rings is 2. The fourth-order valence-electron chi connectivity index (χ4n) is 3.11. The van der Waals surface area contributed by atoms with Crippen molar-refractivity contribution in [1.29, 1.82) is 0 Å². The van der Waals surface area contributed by atoms with Gasteiger partial charge < -0.3 is 9.73 Å². The first-order valence-corrected chi connectivity index (χ1v) is 11.2. The number of anilines is 1. The average Bonchev–Trinajstić information content (AvgIpc) is 3.27. The minimum Gasteiger partial charge on any atom is -0.403 e. The van der Waals surface area contributed by atoms with Gasteiger partial charge in [-0.3, -0.25) is 14.9 Å². The van der Waals surface area contributed by atoms with Crippen LogP contribution in [0, 0.1) is 0 Å². The summed E-state index contributed by atoms with van der Waals surface area (Å²) in [5.74, 6) is -1.18. The van der Waals surface area contributed by atoms with Crippen LogP contribution >= 0.6 is 0 Å². The zero-order valence-corrected chi connectivity index (χ0v) is 18.0. The van der Waals surface area contributed by atoms with Gasteiger partial charge in [0.15, 0.2) is 0 Å². The molecule has 34 heavy (non-hydrogen) atoms. The number of carbonyl (C=O) groups excluding carboxylic acids is 2. The molecule has 0 spiro atoms. The monoisotopic (exact) mass is 495 g/mol. The number of piperazine rings is 1. The van der Waals surface area contributed by atoms with Gasteiger partial charge in [-0.1, -0.05) is 5.10 Å². The molecule has 3 aromatic rings. The molecule has 1 aliphatic rings. The van der Waals surface area contributed by atoms with Crippen LogP contribution < -0.4 is 10.6 Å². The molecular formula is C20H16F3N5O5S. The SMILES string of the molecule is O=C1CN(S(=O)(=O)c2ccc(C(=O)Nc3nnc(-c4ccc(C(F)(F)F)cc4)o3)cc2)CCN1. The van der Waals surface area contributed by atoms with Gasteiger partial charge in [0.05, 0.1) is 17.0 Å². The molecule has 0 radical (unpaired) electrons. The number of nitrogens with one attached hydrogen (secondary N) is 2. The number of amides is 2. The van der Waals surface area contributed by atoms with Gasteiger partial charge in [-0.2, -0.15) is 17.5 Å². The van der Waals surface area contributed by atoms with Gasteiger partial charge >= 0.3 is 12.2 Å². The standard InChI is InChI=1S/C20H16F3N5O5S/c21-20(22,23)14-5-1-13(2-6-14)18-26-27-19(33-18)25-17(30)12-3-7-15(8-4-12)34(31,32)28-10-9-24-16(29)11-28/h1-8H,9-11H2,(H,24,29)(H,25,27,30). The Kier molecular flexibility index (Phi) is 6.10. The molecule has 1 saturated heterocycles. The van der Waals surface area contributed by atoms with Crippen molar-refractivity contribution >= 4 is 27.9 Å². The van der Waals surface area contributed by atoms with Gasteiger partial charge in [-0.15, -0.1) is 5.10 Å². The Morgan fingerprint density at radius 2 is 1.74 bits per heavy atom. The smallest absolute Gasteiger partial charge is 0.403 e. The van der Waals surface area contributed by atoms with E-state index in [1.165, 1.54) is 24.3 Å². The Labute approximate surface area is 190 Å². The van der Waals surface area contributed by atoms with E-state index in [4.69, 9.17) is 4.42 Å². The van der Waals surface area contributed by atoms with E-state index in [1.807, 2.05) is 0 Å². The van der Waals surface area contributed by atoms with Crippen LogP contribution in [0.15, 0.2) is 57.8 Å². The van der Waals surface area contributed by atoms with Crippen molar-refractivity contribution in [3.8, 4) is 11.5 Å². The Morgan fingerprint density at radius 3 is 2.35 bits per heavy atom. The molecule has 2 amide bonds. The maximum Gasteiger partial charge on any atom is 0.416 e. The molecule has 0 bridgehead atoms. The van der Waals surface area contributed by atoms with E-state index in [0.717, 1.165) is 28.6 Å². The van der Waals surface area contributed by atoms with Crippen LogP contribution in [0.3, 0.4) is 0 Å². The highest BCUT2D eigenvalue weighted by atomic mass is 32.2. The van der Waals surface area contributed by atoms with Gasteiger partial charge in [-0.25, -0.2) is 8.42 Å². The van der Waals surface area contributed by atoms with E-state index >= 15 is 0 Å². The number of halogens is 3. The highest BCUT2D eigenvalue weighted by Gasteiger charge is 2.31. The highest BCUT2D eigenvalue weighted by Crippen LogP contribution is 2.31.